The highest BCUT2D eigenvalue weighted by molar-refractivity contribution is 6.03. The maximum Gasteiger partial charge on any atom is 0.274 e. The molecule has 0 saturated carbocycles. The van der Waals surface area contributed by atoms with Gasteiger partial charge < -0.3 is 15.5 Å². The lowest BCUT2D eigenvalue weighted by atomic mass is 10.2. The first-order chi connectivity index (χ1) is 12.5. The number of anilines is 3. The van der Waals surface area contributed by atoms with Crippen molar-refractivity contribution in [3.8, 4) is 0 Å². The van der Waals surface area contributed by atoms with E-state index < -0.39 is 0 Å². The van der Waals surface area contributed by atoms with E-state index in [9.17, 15) is 4.79 Å². The average molecular weight is 353 g/mol. The van der Waals surface area contributed by atoms with Gasteiger partial charge in [-0.2, -0.15) is 0 Å². The van der Waals surface area contributed by atoms with E-state index in [2.05, 4.69) is 51.5 Å². The highest BCUT2D eigenvalue weighted by Crippen LogP contribution is 2.22. The van der Waals surface area contributed by atoms with Crippen LogP contribution in [0, 0.1) is 12.8 Å². The summed E-state index contributed by atoms with van der Waals surface area (Å²) in [5, 5.41) is 6.17. The predicted molar refractivity (Wildman–Crippen MR) is 106 cm³/mol. The van der Waals surface area contributed by atoms with Crippen LogP contribution in [0.5, 0.6) is 0 Å². The zero-order valence-corrected chi connectivity index (χ0v) is 15.7. The summed E-state index contributed by atoms with van der Waals surface area (Å²) in [5.74, 6) is 1.53. The van der Waals surface area contributed by atoms with Crippen molar-refractivity contribution in [2.45, 2.75) is 33.6 Å². The highest BCUT2D eigenvalue weighted by Gasteiger charge is 2.14. The number of benzene rings is 1. The molecule has 2 aromatic rings. The Hall–Kier alpha value is -2.63. The van der Waals surface area contributed by atoms with E-state index in [0.717, 1.165) is 25.3 Å². The molecule has 1 aromatic carbocycles. The van der Waals surface area contributed by atoms with E-state index >= 15 is 0 Å². The topological polar surface area (TPSA) is 70.2 Å². The van der Waals surface area contributed by atoms with Crippen LogP contribution in [-0.4, -0.2) is 35.5 Å². The molecule has 0 aliphatic carbocycles. The monoisotopic (exact) mass is 353 g/mol. The molecule has 1 aliphatic rings. The summed E-state index contributed by atoms with van der Waals surface area (Å²) in [6.45, 7) is 9.06. The van der Waals surface area contributed by atoms with Crippen LogP contribution >= 0.6 is 0 Å². The first kappa shape index (κ1) is 18.2. The normalized spacial score (nSPS) is 13.9. The molecular weight excluding hydrogens is 326 g/mol. The van der Waals surface area contributed by atoms with E-state index in [0.29, 0.717) is 23.3 Å². The first-order valence-electron chi connectivity index (χ1n) is 9.27. The first-order valence-corrected chi connectivity index (χ1v) is 9.27. The van der Waals surface area contributed by atoms with Gasteiger partial charge >= 0.3 is 0 Å². The number of aromatic nitrogens is 2. The minimum Gasteiger partial charge on any atom is -0.372 e. The zero-order valence-electron chi connectivity index (χ0n) is 15.7. The van der Waals surface area contributed by atoms with Crippen molar-refractivity contribution in [2.24, 2.45) is 5.92 Å². The van der Waals surface area contributed by atoms with Crippen LogP contribution in [0.4, 0.5) is 17.2 Å². The third kappa shape index (κ3) is 4.71. The van der Waals surface area contributed by atoms with Gasteiger partial charge in [-0.15, -0.1) is 0 Å². The molecule has 2 N–H and O–H groups in total. The molecule has 0 spiro atoms. The summed E-state index contributed by atoms with van der Waals surface area (Å²) >= 11 is 0. The molecule has 0 radical (unpaired) electrons. The van der Waals surface area contributed by atoms with Gasteiger partial charge in [0.25, 0.3) is 5.91 Å². The van der Waals surface area contributed by atoms with Crippen molar-refractivity contribution >= 4 is 23.1 Å². The third-order valence-electron chi connectivity index (χ3n) is 4.36. The summed E-state index contributed by atoms with van der Waals surface area (Å²) < 4.78 is 0. The Kier molecular flexibility index (Phi) is 5.71. The number of amides is 1. The molecule has 0 unspecified atom stereocenters. The fourth-order valence-electron chi connectivity index (χ4n) is 3.01. The number of nitrogens with zero attached hydrogens (tertiary/aromatic N) is 3. The Morgan fingerprint density at radius 3 is 2.50 bits per heavy atom. The molecule has 0 bridgehead atoms. The second kappa shape index (κ2) is 8.17. The molecule has 138 valence electrons. The van der Waals surface area contributed by atoms with E-state index in [1.807, 2.05) is 12.1 Å². The Bertz CT molecular complexity index is 751. The predicted octanol–water partition coefficient (Wildman–Crippen LogP) is 3.71. The lowest BCUT2D eigenvalue weighted by Gasteiger charge is -2.17. The lowest BCUT2D eigenvalue weighted by Crippen LogP contribution is -2.18. The van der Waals surface area contributed by atoms with Crippen molar-refractivity contribution in [2.75, 3.05) is 35.2 Å². The largest absolute Gasteiger partial charge is 0.372 e. The summed E-state index contributed by atoms with van der Waals surface area (Å²) in [7, 11) is 0. The quantitative estimate of drug-likeness (QED) is 0.828. The smallest absolute Gasteiger partial charge is 0.274 e. The lowest BCUT2D eigenvalue weighted by molar-refractivity contribution is 0.102. The van der Waals surface area contributed by atoms with Crippen LogP contribution in [0.25, 0.3) is 0 Å². The molecule has 1 amide bonds. The second-order valence-electron chi connectivity index (χ2n) is 7.16. The Morgan fingerprint density at radius 2 is 1.85 bits per heavy atom. The fourth-order valence-corrected chi connectivity index (χ4v) is 3.01. The van der Waals surface area contributed by atoms with Gasteiger partial charge in [0.1, 0.15) is 17.3 Å². The van der Waals surface area contributed by atoms with Crippen molar-refractivity contribution < 1.29 is 4.79 Å². The third-order valence-corrected chi connectivity index (χ3v) is 4.36. The number of carbonyl (C=O) groups is 1. The van der Waals surface area contributed by atoms with Crippen molar-refractivity contribution in [1.29, 1.82) is 0 Å². The van der Waals surface area contributed by atoms with E-state index in [1.54, 1.807) is 13.0 Å². The van der Waals surface area contributed by atoms with Crippen molar-refractivity contribution in [1.82, 2.24) is 9.97 Å². The number of nitrogens with one attached hydrogen (secondary N) is 2. The summed E-state index contributed by atoms with van der Waals surface area (Å²) in [6, 6.07) is 9.70. The molecule has 1 saturated heterocycles. The van der Waals surface area contributed by atoms with Gasteiger partial charge in [-0.05, 0) is 49.9 Å². The molecule has 2 heterocycles. The second-order valence-corrected chi connectivity index (χ2v) is 7.16. The van der Waals surface area contributed by atoms with Gasteiger partial charge in [-0.1, -0.05) is 13.8 Å². The van der Waals surface area contributed by atoms with Gasteiger partial charge in [0.15, 0.2) is 0 Å². The molecule has 6 nitrogen and oxygen atoms in total. The van der Waals surface area contributed by atoms with Crippen LogP contribution in [0.15, 0.2) is 30.3 Å². The fraction of sp³-hybridized carbons (Fsp3) is 0.450. The number of aryl methyl sites for hydroxylation is 1. The number of hydrogen-bond acceptors (Lipinski definition) is 5. The van der Waals surface area contributed by atoms with Gasteiger partial charge in [-0.25, -0.2) is 9.97 Å². The number of rotatable bonds is 6. The molecule has 3 rings (SSSR count). The maximum atomic E-state index is 12.6. The van der Waals surface area contributed by atoms with Crippen LogP contribution in [0.2, 0.25) is 0 Å². The molecule has 1 fully saturated rings. The van der Waals surface area contributed by atoms with Gasteiger partial charge in [0.2, 0.25) is 0 Å². The Morgan fingerprint density at radius 1 is 1.15 bits per heavy atom. The average Bonchev–Trinajstić information content (AvgIpc) is 3.15. The molecule has 26 heavy (non-hydrogen) atoms. The molecule has 1 aromatic heterocycles. The SMILES string of the molecule is Cc1nc(NCC(C)C)cc(C(=O)Nc2ccc(N3CCCC3)cc2)n1. The van der Waals surface area contributed by atoms with Crippen LogP contribution < -0.4 is 15.5 Å². The summed E-state index contributed by atoms with van der Waals surface area (Å²) in [5.41, 5.74) is 2.34. The van der Waals surface area contributed by atoms with Gasteiger partial charge in [-0.3, -0.25) is 4.79 Å². The number of carbonyl (C=O) groups excluding carboxylic acids is 1. The van der Waals surface area contributed by atoms with E-state index in [-0.39, 0.29) is 5.91 Å². The van der Waals surface area contributed by atoms with Crippen LogP contribution in [0.3, 0.4) is 0 Å². The van der Waals surface area contributed by atoms with Gasteiger partial charge in [0, 0.05) is 37.1 Å². The van der Waals surface area contributed by atoms with Crippen molar-refractivity contribution in [3.05, 3.63) is 41.9 Å². The summed E-state index contributed by atoms with van der Waals surface area (Å²) in [6.07, 6.45) is 2.50. The van der Waals surface area contributed by atoms with E-state index in [4.69, 9.17) is 0 Å². The molecule has 1 aliphatic heterocycles. The standard InChI is InChI=1S/C20H27N5O/c1-14(2)13-21-19-12-18(22-15(3)23-19)20(26)24-16-6-8-17(9-7-16)25-10-4-5-11-25/h6-9,12,14H,4-5,10-11,13H2,1-3H3,(H,24,26)(H,21,22,23). The molecule has 6 heteroatoms. The Balaban J connectivity index is 1.67. The Labute approximate surface area is 155 Å². The molecule has 0 atom stereocenters. The highest BCUT2D eigenvalue weighted by atomic mass is 16.1. The molecular formula is C20H27N5O. The van der Waals surface area contributed by atoms with Crippen LogP contribution in [-0.2, 0) is 0 Å². The minimum atomic E-state index is -0.225. The summed E-state index contributed by atoms with van der Waals surface area (Å²) in [4.78, 5) is 23.5. The van der Waals surface area contributed by atoms with Crippen molar-refractivity contribution in [3.63, 3.8) is 0 Å². The number of hydrogen-bond donors (Lipinski definition) is 2. The maximum absolute atomic E-state index is 12.6. The van der Waals surface area contributed by atoms with Gasteiger partial charge in [0.05, 0.1) is 0 Å². The zero-order chi connectivity index (χ0) is 18.5. The van der Waals surface area contributed by atoms with Crippen LogP contribution in [0.1, 0.15) is 43.0 Å². The minimum absolute atomic E-state index is 0.225. The van der Waals surface area contributed by atoms with E-state index in [1.165, 1.54) is 18.5 Å².